The molecule has 0 radical (unpaired) electrons. The van der Waals surface area contributed by atoms with E-state index < -0.39 is 0 Å². The van der Waals surface area contributed by atoms with Crippen LogP contribution in [0.25, 0.3) is 10.9 Å². The first-order chi connectivity index (χ1) is 12.5. The van der Waals surface area contributed by atoms with Crippen LogP contribution in [-0.4, -0.2) is 45.6 Å². The molecule has 0 spiro atoms. The monoisotopic (exact) mass is 369 g/mol. The van der Waals surface area contributed by atoms with Crippen molar-refractivity contribution < 1.29 is 0 Å². The molecular formula is C19H23N5OS. The van der Waals surface area contributed by atoms with Gasteiger partial charge in [-0.3, -0.25) is 14.3 Å². The lowest BCUT2D eigenvalue weighted by Crippen LogP contribution is -2.46. The summed E-state index contributed by atoms with van der Waals surface area (Å²) in [7, 11) is 1.81. The van der Waals surface area contributed by atoms with Crippen LogP contribution in [0.2, 0.25) is 0 Å². The number of aromatic nitrogens is 3. The van der Waals surface area contributed by atoms with E-state index in [4.69, 9.17) is 4.98 Å². The van der Waals surface area contributed by atoms with E-state index in [1.54, 1.807) is 15.9 Å². The second kappa shape index (κ2) is 6.81. The maximum absolute atomic E-state index is 12.6. The lowest BCUT2D eigenvalue weighted by Gasteiger charge is -2.34. The van der Waals surface area contributed by atoms with Crippen LogP contribution in [0, 0.1) is 13.8 Å². The van der Waals surface area contributed by atoms with Crippen LogP contribution in [0.1, 0.15) is 16.4 Å². The summed E-state index contributed by atoms with van der Waals surface area (Å²) >= 11 is 1.77. The molecule has 3 aromatic rings. The standard InChI is InChI=1S/C19H23N5OS/c1-13-14(2)26-19(20-13)24-10-8-23(9-11-24)12-17-21-16-7-5-4-6-15(16)18(25)22(17)3/h4-7H,8-12H2,1-3H3. The highest BCUT2D eigenvalue weighted by Gasteiger charge is 2.21. The van der Waals surface area contributed by atoms with Gasteiger partial charge in [0.05, 0.1) is 23.1 Å². The zero-order valence-electron chi connectivity index (χ0n) is 15.4. The molecule has 2 aromatic heterocycles. The second-order valence-electron chi connectivity index (χ2n) is 6.81. The first kappa shape index (κ1) is 17.2. The minimum absolute atomic E-state index is 0.0259. The summed E-state index contributed by atoms with van der Waals surface area (Å²) in [5.74, 6) is 0.822. The van der Waals surface area contributed by atoms with E-state index in [1.807, 2.05) is 31.3 Å². The Morgan fingerprint density at radius 1 is 1.08 bits per heavy atom. The molecule has 0 bridgehead atoms. The van der Waals surface area contributed by atoms with Gasteiger partial charge in [-0.1, -0.05) is 12.1 Å². The van der Waals surface area contributed by atoms with Crippen molar-refractivity contribution in [1.29, 1.82) is 0 Å². The summed E-state index contributed by atoms with van der Waals surface area (Å²) in [5, 5.41) is 1.80. The Balaban J connectivity index is 1.48. The number of benzene rings is 1. The van der Waals surface area contributed by atoms with Crippen LogP contribution in [0.3, 0.4) is 0 Å². The number of rotatable bonds is 3. The van der Waals surface area contributed by atoms with Crippen LogP contribution in [0.5, 0.6) is 0 Å². The molecular weight excluding hydrogens is 346 g/mol. The summed E-state index contributed by atoms with van der Waals surface area (Å²) in [6.45, 7) is 8.68. The molecule has 0 saturated carbocycles. The number of thiazole rings is 1. The van der Waals surface area contributed by atoms with Crippen LogP contribution < -0.4 is 10.5 Å². The number of aryl methyl sites for hydroxylation is 2. The summed E-state index contributed by atoms with van der Waals surface area (Å²) in [4.78, 5) is 27.9. The van der Waals surface area contributed by atoms with Gasteiger partial charge in [0.2, 0.25) is 0 Å². The highest BCUT2D eigenvalue weighted by molar-refractivity contribution is 7.15. The number of fused-ring (bicyclic) bond motifs is 1. The van der Waals surface area contributed by atoms with Gasteiger partial charge in [-0.15, -0.1) is 11.3 Å². The molecule has 6 nitrogen and oxygen atoms in total. The van der Waals surface area contributed by atoms with Gasteiger partial charge in [0.25, 0.3) is 5.56 Å². The number of para-hydroxylation sites is 1. The number of hydrogen-bond acceptors (Lipinski definition) is 6. The van der Waals surface area contributed by atoms with Crippen LogP contribution >= 0.6 is 11.3 Å². The zero-order valence-corrected chi connectivity index (χ0v) is 16.2. The van der Waals surface area contributed by atoms with Crippen molar-refractivity contribution in [3.8, 4) is 0 Å². The maximum Gasteiger partial charge on any atom is 0.261 e. The average molecular weight is 369 g/mol. The topological polar surface area (TPSA) is 54.3 Å². The zero-order chi connectivity index (χ0) is 18.3. The predicted octanol–water partition coefficient (Wildman–Crippen LogP) is 2.33. The van der Waals surface area contributed by atoms with E-state index in [1.165, 1.54) is 4.88 Å². The van der Waals surface area contributed by atoms with Crippen molar-refractivity contribution in [2.75, 3.05) is 31.1 Å². The third kappa shape index (κ3) is 3.12. The quantitative estimate of drug-likeness (QED) is 0.709. The molecule has 1 aliphatic heterocycles. The third-order valence-corrected chi connectivity index (χ3v) is 6.23. The molecule has 0 atom stereocenters. The molecule has 26 heavy (non-hydrogen) atoms. The molecule has 0 unspecified atom stereocenters. The fraction of sp³-hybridized carbons (Fsp3) is 0.421. The first-order valence-corrected chi connectivity index (χ1v) is 9.70. The molecule has 1 saturated heterocycles. The Labute approximate surface area is 156 Å². The normalized spacial score (nSPS) is 15.7. The van der Waals surface area contributed by atoms with E-state index in [0.717, 1.165) is 48.3 Å². The van der Waals surface area contributed by atoms with Gasteiger partial charge in [-0.25, -0.2) is 9.97 Å². The van der Waals surface area contributed by atoms with Crippen molar-refractivity contribution in [3.63, 3.8) is 0 Å². The Hall–Kier alpha value is -2.25. The van der Waals surface area contributed by atoms with Gasteiger partial charge in [-0.2, -0.15) is 0 Å². The molecule has 136 valence electrons. The fourth-order valence-electron chi connectivity index (χ4n) is 3.29. The Bertz CT molecular complexity index is 981. The predicted molar refractivity (Wildman–Crippen MR) is 106 cm³/mol. The number of nitrogens with zero attached hydrogens (tertiary/aromatic N) is 5. The fourth-order valence-corrected chi connectivity index (χ4v) is 4.26. The highest BCUT2D eigenvalue weighted by atomic mass is 32.1. The van der Waals surface area contributed by atoms with Crippen LogP contribution in [0.15, 0.2) is 29.1 Å². The Kier molecular flexibility index (Phi) is 4.50. The molecule has 0 aliphatic carbocycles. The molecule has 3 heterocycles. The lowest BCUT2D eigenvalue weighted by atomic mass is 10.2. The van der Waals surface area contributed by atoms with Gasteiger partial charge in [-0.05, 0) is 26.0 Å². The van der Waals surface area contributed by atoms with Crippen molar-refractivity contribution >= 4 is 27.4 Å². The van der Waals surface area contributed by atoms with Gasteiger partial charge in [0, 0.05) is 38.1 Å². The smallest absolute Gasteiger partial charge is 0.261 e. The molecule has 0 amide bonds. The summed E-state index contributed by atoms with van der Waals surface area (Å²) in [6.07, 6.45) is 0. The molecule has 1 aliphatic rings. The molecule has 7 heteroatoms. The summed E-state index contributed by atoms with van der Waals surface area (Å²) in [5.41, 5.74) is 1.93. The van der Waals surface area contributed by atoms with E-state index >= 15 is 0 Å². The van der Waals surface area contributed by atoms with Crippen LogP contribution in [0.4, 0.5) is 5.13 Å². The number of hydrogen-bond donors (Lipinski definition) is 0. The summed E-state index contributed by atoms with van der Waals surface area (Å²) < 4.78 is 1.68. The minimum atomic E-state index is 0.0259. The molecule has 4 rings (SSSR count). The Morgan fingerprint density at radius 2 is 1.81 bits per heavy atom. The summed E-state index contributed by atoms with van der Waals surface area (Å²) in [6, 6.07) is 7.55. The minimum Gasteiger partial charge on any atom is -0.346 e. The van der Waals surface area contributed by atoms with E-state index in [9.17, 15) is 4.79 Å². The van der Waals surface area contributed by atoms with E-state index in [0.29, 0.717) is 11.9 Å². The van der Waals surface area contributed by atoms with Crippen LogP contribution in [-0.2, 0) is 13.6 Å². The Morgan fingerprint density at radius 3 is 2.50 bits per heavy atom. The maximum atomic E-state index is 12.6. The van der Waals surface area contributed by atoms with E-state index in [2.05, 4.69) is 28.6 Å². The van der Waals surface area contributed by atoms with Crippen molar-refractivity contribution in [3.05, 3.63) is 51.0 Å². The molecule has 0 N–H and O–H groups in total. The van der Waals surface area contributed by atoms with Crippen molar-refractivity contribution in [2.24, 2.45) is 7.05 Å². The second-order valence-corrected chi connectivity index (χ2v) is 7.99. The van der Waals surface area contributed by atoms with Gasteiger partial charge < -0.3 is 4.90 Å². The largest absolute Gasteiger partial charge is 0.346 e. The first-order valence-electron chi connectivity index (χ1n) is 8.89. The van der Waals surface area contributed by atoms with Crippen molar-refractivity contribution in [2.45, 2.75) is 20.4 Å². The molecule has 1 aromatic carbocycles. The highest BCUT2D eigenvalue weighted by Crippen LogP contribution is 2.26. The average Bonchev–Trinajstić information content (AvgIpc) is 2.99. The van der Waals surface area contributed by atoms with Gasteiger partial charge in [0.1, 0.15) is 5.82 Å². The van der Waals surface area contributed by atoms with Gasteiger partial charge >= 0.3 is 0 Å². The van der Waals surface area contributed by atoms with E-state index in [-0.39, 0.29) is 5.56 Å². The van der Waals surface area contributed by atoms with Gasteiger partial charge in [0.15, 0.2) is 5.13 Å². The van der Waals surface area contributed by atoms with Crippen molar-refractivity contribution in [1.82, 2.24) is 19.4 Å². The number of anilines is 1. The third-order valence-electron chi connectivity index (χ3n) is 5.10. The lowest BCUT2D eigenvalue weighted by molar-refractivity contribution is 0.240. The molecule has 1 fully saturated rings. The SMILES string of the molecule is Cc1nc(N2CCN(Cc3nc4ccccc4c(=O)n3C)CC2)sc1C. The number of piperazine rings is 1.